The van der Waals surface area contributed by atoms with Gasteiger partial charge in [0.1, 0.15) is 12.4 Å². The predicted molar refractivity (Wildman–Crippen MR) is 126 cm³/mol. The van der Waals surface area contributed by atoms with Crippen molar-refractivity contribution in [3.8, 4) is 5.75 Å². The fourth-order valence-electron chi connectivity index (χ4n) is 4.87. The maximum absolute atomic E-state index is 12.1. The van der Waals surface area contributed by atoms with Crippen molar-refractivity contribution >= 4 is 24.0 Å². The number of nitrogens with one attached hydrogen (secondary N) is 1. The van der Waals surface area contributed by atoms with Crippen LogP contribution in [-0.4, -0.2) is 62.9 Å². The summed E-state index contributed by atoms with van der Waals surface area (Å²) in [7, 11) is 0. The third kappa shape index (κ3) is 7.67. The number of ether oxygens (including phenoxy) is 4. The lowest BCUT2D eigenvalue weighted by atomic mass is 9.80. The molecule has 2 fully saturated rings. The SMILES string of the molecule is CC(COC1CCC(c2cccc(OC=O)c2)CC1)C1(CCCOCCCl)COCC(=O)N1. The second kappa shape index (κ2) is 13.3. The molecule has 1 aliphatic heterocycles. The first-order chi connectivity index (χ1) is 16.1. The molecule has 0 spiro atoms. The number of benzene rings is 1. The lowest BCUT2D eigenvalue weighted by molar-refractivity contribution is -0.140. The van der Waals surface area contributed by atoms with Gasteiger partial charge in [0.25, 0.3) is 6.47 Å². The summed E-state index contributed by atoms with van der Waals surface area (Å²) in [6.45, 7) is 4.91. The van der Waals surface area contributed by atoms with Crippen LogP contribution < -0.4 is 10.1 Å². The van der Waals surface area contributed by atoms with Gasteiger partial charge in [-0.1, -0.05) is 19.1 Å². The second-order valence-electron chi connectivity index (χ2n) is 9.10. The van der Waals surface area contributed by atoms with Gasteiger partial charge in [-0.05, 0) is 62.1 Å². The maximum Gasteiger partial charge on any atom is 0.298 e. The van der Waals surface area contributed by atoms with Crippen LogP contribution in [0.4, 0.5) is 0 Å². The third-order valence-electron chi connectivity index (χ3n) is 6.83. The molecular weight excluding hydrogens is 446 g/mol. The Labute approximate surface area is 201 Å². The highest BCUT2D eigenvalue weighted by Gasteiger charge is 2.41. The average Bonchev–Trinajstić information content (AvgIpc) is 2.83. The van der Waals surface area contributed by atoms with Crippen molar-refractivity contribution in [2.75, 3.05) is 38.9 Å². The first-order valence-electron chi connectivity index (χ1n) is 11.9. The maximum atomic E-state index is 12.1. The van der Waals surface area contributed by atoms with Crippen molar-refractivity contribution in [1.82, 2.24) is 5.32 Å². The van der Waals surface area contributed by atoms with Crippen LogP contribution in [0.1, 0.15) is 56.9 Å². The van der Waals surface area contributed by atoms with Crippen molar-refractivity contribution in [3.05, 3.63) is 29.8 Å². The zero-order valence-corrected chi connectivity index (χ0v) is 20.2. The first kappa shape index (κ1) is 25.9. The Morgan fingerprint density at radius 1 is 1.27 bits per heavy atom. The van der Waals surface area contributed by atoms with Crippen molar-refractivity contribution < 1.29 is 28.5 Å². The van der Waals surface area contributed by atoms with E-state index in [4.69, 9.17) is 30.5 Å². The van der Waals surface area contributed by atoms with Gasteiger partial charge in [0.05, 0.1) is 31.5 Å². The number of alkyl halides is 1. The molecule has 8 heteroatoms. The summed E-state index contributed by atoms with van der Waals surface area (Å²) in [5.41, 5.74) is 0.772. The molecule has 2 unspecified atom stereocenters. The number of halogens is 1. The largest absolute Gasteiger partial charge is 0.429 e. The monoisotopic (exact) mass is 481 g/mol. The van der Waals surface area contributed by atoms with Crippen LogP contribution in [-0.2, 0) is 23.8 Å². The molecule has 7 nitrogen and oxygen atoms in total. The Balaban J connectivity index is 1.48. The van der Waals surface area contributed by atoms with E-state index in [2.05, 4.69) is 18.3 Å². The first-order valence-corrected chi connectivity index (χ1v) is 12.4. The van der Waals surface area contributed by atoms with Gasteiger partial charge in [-0.2, -0.15) is 0 Å². The summed E-state index contributed by atoms with van der Waals surface area (Å²) in [6, 6.07) is 7.77. The minimum atomic E-state index is -0.435. The van der Waals surface area contributed by atoms with Gasteiger partial charge in [-0.3, -0.25) is 9.59 Å². The van der Waals surface area contributed by atoms with Crippen LogP contribution >= 0.6 is 11.6 Å². The van der Waals surface area contributed by atoms with E-state index in [1.54, 1.807) is 6.07 Å². The summed E-state index contributed by atoms with van der Waals surface area (Å²) in [4.78, 5) is 22.7. The molecule has 1 aromatic rings. The molecule has 1 aliphatic carbocycles. The van der Waals surface area contributed by atoms with Crippen molar-refractivity contribution in [2.24, 2.45) is 5.92 Å². The zero-order valence-electron chi connectivity index (χ0n) is 19.4. The molecule has 1 saturated heterocycles. The lowest BCUT2D eigenvalue weighted by Crippen LogP contribution is -2.61. The summed E-state index contributed by atoms with van der Waals surface area (Å²) < 4.78 is 22.4. The molecule has 0 bridgehead atoms. The quantitative estimate of drug-likeness (QED) is 0.262. The molecule has 1 saturated carbocycles. The molecule has 33 heavy (non-hydrogen) atoms. The van der Waals surface area contributed by atoms with Crippen LogP contribution in [0.15, 0.2) is 24.3 Å². The Morgan fingerprint density at radius 2 is 2.09 bits per heavy atom. The van der Waals surface area contributed by atoms with E-state index in [9.17, 15) is 9.59 Å². The summed E-state index contributed by atoms with van der Waals surface area (Å²) in [5.74, 6) is 1.56. The Hall–Kier alpha value is -1.67. The molecule has 1 amide bonds. The van der Waals surface area contributed by atoms with Gasteiger partial charge < -0.3 is 24.3 Å². The third-order valence-corrected chi connectivity index (χ3v) is 6.98. The molecule has 1 N–H and O–H groups in total. The number of carbonyl (C=O) groups excluding carboxylic acids is 2. The van der Waals surface area contributed by atoms with Gasteiger partial charge >= 0.3 is 0 Å². The number of rotatable bonds is 13. The Kier molecular flexibility index (Phi) is 10.4. The van der Waals surface area contributed by atoms with E-state index in [-0.39, 0.29) is 24.5 Å². The lowest BCUT2D eigenvalue weighted by Gasteiger charge is -2.43. The highest BCUT2D eigenvalue weighted by Crippen LogP contribution is 2.36. The van der Waals surface area contributed by atoms with E-state index in [0.717, 1.165) is 38.5 Å². The minimum Gasteiger partial charge on any atom is -0.429 e. The molecule has 0 radical (unpaired) electrons. The van der Waals surface area contributed by atoms with Crippen LogP contribution in [0.2, 0.25) is 0 Å². The molecule has 2 aliphatic rings. The van der Waals surface area contributed by atoms with Gasteiger partial charge in [0, 0.05) is 18.4 Å². The molecule has 2 atom stereocenters. The highest BCUT2D eigenvalue weighted by atomic mass is 35.5. The zero-order chi connectivity index (χ0) is 23.5. The van der Waals surface area contributed by atoms with E-state index in [1.165, 1.54) is 5.56 Å². The van der Waals surface area contributed by atoms with E-state index in [1.807, 2.05) is 12.1 Å². The smallest absolute Gasteiger partial charge is 0.298 e. The molecule has 1 aromatic carbocycles. The van der Waals surface area contributed by atoms with Crippen molar-refractivity contribution in [2.45, 2.75) is 63.0 Å². The number of hydrogen-bond donors (Lipinski definition) is 1. The second-order valence-corrected chi connectivity index (χ2v) is 9.47. The number of morpholine rings is 1. The fourth-order valence-corrected chi connectivity index (χ4v) is 4.98. The Bertz CT molecular complexity index is 754. The highest BCUT2D eigenvalue weighted by molar-refractivity contribution is 6.17. The molecular formula is C25H36ClNO6. The van der Waals surface area contributed by atoms with Crippen molar-refractivity contribution in [1.29, 1.82) is 0 Å². The van der Waals surface area contributed by atoms with Crippen LogP contribution in [0, 0.1) is 5.92 Å². The predicted octanol–water partition coefficient (Wildman–Crippen LogP) is 3.82. The van der Waals surface area contributed by atoms with Crippen molar-refractivity contribution in [3.63, 3.8) is 0 Å². The number of hydrogen-bond acceptors (Lipinski definition) is 6. The summed E-state index contributed by atoms with van der Waals surface area (Å²) >= 11 is 5.67. The van der Waals surface area contributed by atoms with E-state index in [0.29, 0.717) is 50.4 Å². The normalized spacial score (nSPS) is 26.4. The molecule has 1 heterocycles. The van der Waals surface area contributed by atoms with E-state index >= 15 is 0 Å². The topological polar surface area (TPSA) is 83.1 Å². The molecule has 0 aromatic heterocycles. The average molecular weight is 482 g/mol. The summed E-state index contributed by atoms with van der Waals surface area (Å²) in [6.07, 6.45) is 5.85. The summed E-state index contributed by atoms with van der Waals surface area (Å²) in [5, 5.41) is 3.19. The van der Waals surface area contributed by atoms with Crippen LogP contribution in [0.3, 0.4) is 0 Å². The number of carbonyl (C=O) groups is 2. The van der Waals surface area contributed by atoms with Gasteiger partial charge in [-0.15, -0.1) is 11.6 Å². The minimum absolute atomic E-state index is 0.0731. The van der Waals surface area contributed by atoms with Gasteiger partial charge in [-0.25, -0.2) is 0 Å². The molecule has 184 valence electrons. The molecule has 3 rings (SSSR count). The number of amides is 1. The van der Waals surface area contributed by atoms with Crippen LogP contribution in [0.5, 0.6) is 5.75 Å². The Morgan fingerprint density at radius 3 is 2.82 bits per heavy atom. The van der Waals surface area contributed by atoms with Crippen LogP contribution in [0.25, 0.3) is 0 Å². The van der Waals surface area contributed by atoms with Gasteiger partial charge in [0.2, 0.25) is 5.91 Å². The standard InChI is InChI=1S/C25H36ClNO6/c1-19(25(10-3-12-30-13-11-26)17-31-16-24(29)27-25)15-32-22-8-6-20(7-9-22)21-4-2-5-23(14-21)33-18-28/h2,4-5,14,18-20,22H,3,6-13,15-17H2,1H3,(H,27,29). The van der Waals surface area contributed by atoms with Gasteiger partial charge in [0.15, 0.2) is 0 Å². The fraction of sp³-hybridized carbons (Fsp3) is 0.680. The van der Waals surface area contributed by atoms with E-state index < -0.39 is 5.54 Å².